The molecule has 20 heavy (non-hydrogen) atoms. The van der Waals surface area contributed by atoms with E-state index in [9.17, 15) is 4.79 Å². The van der Waals surface area contributed by atoms with Gasteiger partial charge in [0.2, 0.25) is 5.91 Å². The fourth-order valence-corrected chi connectivity index (χ4v) is 2.90. The maximum absolute atomic E-state index is 12.1. The number of amides is 1. The van der Waals surface area contributed by atoms with E-state index in [1.807, 2.05) is 13.8 Å². The summed E-state index contributed by atoms with van der Waals surface area (Å²) in [5.74, 6) is -0.124. The van der Waals surface area contributed by atoms with Gasteiger partial charge in [0.15, 0.2) is 0 Å². The van der Waals surface area contributed by atoms with Crippen LogP contribution in [0.4, 0.5) is 5.69 Å². The molecule has 1 aromatic carbocycles. The Kier molecular flexibility index (Phi) is 5.27. The summed E-state index contributed by atoms with van der Waals surface area (Å²) in [5, 5.41) is 3.65. The lowest BCUT2D eigenvalue weighted by Crippen LogP contribution is -2.48. The number of carbonyl (C=O) groups is 1. The smallest absolute Gasteiger partial charge is 0.238 e. The van der Waals surface area contributed by atoms with Gasteiger partial charge in [-0.25, -0.2) is 0 Å². The lowest BCUT2D eigenvalue weighted by molar-refractivity contribution is -0.121. The molecular weight excluding hydrogens is 299 g/mol. The molecule has 110 valence electrons. The molecule has 1 aromatic rings. The summed E-state index contributed by atoms with van der Waals surface area (Å²) >= 11 is 12.1. The van der Waals surface area contributed by atoms with Crippen molar-refractivity contribution in [2.75, 3.05) is 25.0 Å². The minimum Gasteiger partial charge on any atom is -0.373 e. The van der Waals surface area contributed by atoms with E-state index >= 15 is 0 Å². The average molecular weight is 317 g/mol. The van der Waals surface area contributed by atoms with Crippen molar-refractivity contribution in [1.29, 1.82) is 0 Å². The molecule has 1 saturated heterocycles. The number of hydrogen-bond acceptors (Lipinski definition) is 3. The van der Waals surface area contributed by atoms with Gasteiger partial charge in [0.1, 0.15) is 0 Å². The fourth-order valence-electron chi connectivity index (χ4n) is 2.41. The summed E-state index contributed by atoms with van der Waals surface area (Å²) in [6.45, 7) is 5.80. The van der Waals surface area contributed by atoms with E-state index < -0.39 is 0 Å². The molecule has 1 aliphatic heterocycles. The van der Waals surface area contributed by atoms with E-state index in [1.54, 1.807) is 18.2 Å². The van der Waals surface area contributed by atoms with Crippen molar-refractivity contribution in [3.05, 3.63) is 28.2 Å². The first-order chi connectivity index (χ1) is 9.45. The van der Waals surface area contributed by atoms with Crippen molar-refractivity contribution in [3.63, 3.8) is 0 Å². The molecule has 0 bridgehead atoms. The standard InChI is InChI=1S/C14H18Cl2N2O2/c1-9-6-18(7-10(2)20-9)8-13(19)17-14-11(15)4-3-5-12(14)16/h3-5,9-10H,6-8H2,1-2H3,(H,17,19)/t9-,10+. The SMILES string of the molecule is C[C@@H]1CN(CC(=O)Nc2c(Cl)cccc2Cl)C[C@H](C)O1. The topological polar surface area (TPSA) is 41.6 Å². The molecule has 0 radical (unpaired) electrons. The minimum atomic E-state index is -0.124. The molecule has 1 amide bonds. The quantitative estimate of drug-likeness (QED) is 0.932. The Labute approximate surface area is 129 Å². The van der Waals surface area contributed by atoms with Gasteiger partial charge in [0.25, 0.3) is 0 Å². The second-order valence-electron chi connectivity index (χ2n) is 5.10. The molecule has 6 heteroatoms. The summed E-state index contributed by atoms with van der Waals surface area (Å²) in [5.41, 5.74) is 0.468. The van der Waals surface area contributed by atoms with Gasteiger partial charge in [-0.15, -0.1) is 0 Å². The number of anilines is 1. The van der Waals surface area contributed by atoms with Crippen LogP contribution in [0.5, 0.6) is 0 Å². The Morgan fingerprint density at radius 3 is 2.40 bits per heavy atom. The van der Waals surface area contributed by atoms with Gasteiger partial charge in [0.05, 0.1) is 34.5 Å². The van der Waals surface area contributed by atoms with Crippen molar-refractivity contribution in [2.45, 2.75) is 26.1 Å². The fraction of sp³-hybridized carbons (Fsp3) is 0.500. The summed E-state index contributed by atoms with van der Waals surface area (Å²) in [7, 11) is 0. The molecule has 0 spiro atoms. The van der Waals surface area contributed by atoms with Crippen LogP contribution in [0.3, 0.4) is 0 Å². The van der Waals surface area contributed by atoms with Crippen molar-refractivity contribution in [1.82, 2.24) is 4.90 Å². The highest BCUT2D eigenvalue weighted by Gasteiger charge is 2.24. The zero-order valence-corrected chi connectivity index (χ0v) is 13.0. The summed E-state index contributed by atoms with van der Waals surface area (Å²) in [4.78, 5) is 14.2. The lowest BCUT2D eigenvalue weighted by atomic mass is 10.2. The third-order valence-electron chi connectivity index (χ3n) is 3.09. The number of nitrogens with zero attached hydrogens (tertiary/aromatic N) is 1. The predicted molar refractivity (Wildman–Crippen MR) is 81.5 cm³/mol. The molecule has 0 unspecified atom stereocenters. The first kappa shape index (κ1) is 15.6. The number of nitrogens with one attached hydrogen (secondary N) is 1. The van der Waals surface area contributed by atoms with Gasteiger partial charge in [-0.2, -0.15) is 0 Å². The van der Waals surface area contributed by atoms with Crippen LogP contribution in [0.2, 0.25) is 10.0 Å². The number of morpholine rings is 1. The first-order valence-corrected chi connectivity index (χ1v) is 7.33. The minimum absolute atomic E-state index is 0.124. The number of carbonyl (C=O) groups excluding carboxylic acids is 1. The van der Waals surface area contributed by atoms with Gasteiger partial charge >= 0.3 is 0 Å². The third-order valence-corrected chi connectivity index (χ3v) is 3.72. The average Bonchev–Trinajstić information content (AvgIpc) is 2.32. The number of benzene rings is 1. The van der Waals surface area contributed by atoms with E-state index in [4.69, 9.17) is 27.9 Å². The molecule has 1 aliphatic rings. The lowest BCUT2D eigenvalue weighted by Gasteiger charge is -2.34. The van der Waals surface area contributed by atoms with Crippen molar-refractivity contribution in [3.8, 4) is 0 Å². The molecule has 1 heterocycles. The Hall–Kier alpha value is -0.810. The number of rotatable bonds is 3. The maximum atomic E-state index is 12.1. The van der Waals surface area contributed by atoms with Crippen LogP contribution in [0.1, 0.15) is 13.8 Å². The largest absolute Gasteiger partial charge is 0.373 e. The van der Waals surface area contributed by atoms with Crippen molar-refractivity contribution in [2.24, 2.45) is 0 Å². The summed E-state index contributed by atoms with van der Waals surface area (Å²) in [6, 6.07) is 5.13. The Balaban J connectivity index is 1.95. The number of halogens is 2. The van der Waals surface area contributed by atoms with E-state index in [0.29, 0.717) is 22.3 Å². The highest BCUT2D eigenvalue weighted by Crippen LogP contribution is 2.29. The van der Waals surface area contributed by atoms with Gasteiger partial charge in [0, 0.05) is 13.1 Å². The maximum Gasteiger partial charge on any atom is 0.238 e. The molecule has 2 atom stereocenters. The van der Waals surface area contributed by atoms with Gasteiger partial charge in [-0.1, -0.05) is 29.3 Å². The van der Waals surface area contributed by atoms with Crippen molar-refractivity contribution < 1.29 is 9.53 Å². The molecule has 0 saturated carbocycles. The van der Waals surface area contributed by atoms with E-state index in [0.717, 1.165) is 13.1 Å². The highest BCUT2D eigenvalue weighted by atomic mass is 35.5. The predicted octanol–water partition coefficient (Wildman–Crippen LogP) is 3.04. The third kappa shape index (κ3) is 4.09. The van der Waals surface area contributed by atoms with E-state index in [1.165, 1.54) is 0 Å². The molecule has 2 rings (SSSR count). The number of hydrogen-bond donors (Lipinski definition) is 1. The van der Waals surface area contributed by atoms with Gasteiger partial charge in [-0.05, 0) is 26.0 Å². The van der Waals surface area contributed by atoms with Crippen molar-refractivity contribution >= 4 is 34.8 Å². The monoisotopic (exact) mass is 316 g/mol. The normalized spacial score (nSPS) is 23.6. The van der Waals surface area contributed by atoms with E-state index in [-0.39, 0.29) is 18.1 Å². The number of ether oxygens (including phenoxy) is 1. The first-order valence-electron chi connectivity index (χ1n) is 6.57. The molecular formula is C14H18Cl2N2O2. The van der Waals surface area contributed by atoms with Gasteiger partial charge < -0.3 is 10.1 Å². The Morgan fingerprint density at radius 2 is 1.85 bits per heavy atom. The molecule has 1 fully saturated rings. The summed E-state index contributed by atoms with van der Waals surface area (Å²) < 4.78 is 5.64. The second-order valence-corrected chi connectivity index (χ2v) is 5.91. The van der Waals surface area contributed by atoms with Crippen LogP contribution < -0.4 is 5.32 Å². The van der Waals surface area contributed by atoms with Crippen LogP contribution in [-0.4, -0.2) is 42.6 Å². The molecule has 4 nitrogen and oxygen atoms in total. The summed E-state index contributed by atoms with van der Waals surface area (Å²) in [6.07, 6.45) is 0.269. The van der Waals surface area contributed by atoms with Crippen LogP contribution in [-0.2, 0) is 9.53 Å². The highest BCUT2D eigenvalue weighted by molar-refractivity contribution is 6.39. The molecule has 1 N–H and O–H groups in total. The van der Waals surface area contributed by atoms with Crippen LogP contribution >= 0.6 is 23.2 Å². The molecule has 0 aromatic heterocycles. The number of para-hydroxylation sites is 1. The van der Waals surface area contributed by atoms with Crippen LogP contribution in [0.25, 0.3) is 0 Å². The molecule has 0 aliphatic carbocycles. The zero-order chi connectivity index (χ0) is 14.7. The van der Waals surface area contributed by atoms with Gasteiger partial charge in [-0.3, -0.25) is 9.69 Å². The Morgan fingerprint density at radius 1 is 1.30 bits per heavy atom. The Bertz CT molecular complexity index is 466. The van der Waals surface area contributed by atoms with Crippen LogP contribution in [0.15, 0.2) is 18.2 Å². The zero-order valence-electron chi connectivity index (χ0n) is 11.5. The second kappa shape index (κ2) is 6.76. The van der Waals surface area contributed by atoms with Crippen LogP contribution in [0, 0.1) is 0 Å². The van der Waals surface area contributed by atoms with E-state index in [2.05, 4.69) is 10.2 Å².